The van der Waals surface area contributed by atoms with Crippen LogP contribution in [0.2, 0.25) is 5.02 Å². The van der Waals surface area contributed by atoms with Gasteiger partial charge in [-0.15, -0.1) is 0 Å². The predicted octanol–water partition coefficient (Wildman–Crippen LogP) is 2.76. The van der Waals surface area contributed by atoms with Crippen molar-refractivity contribution in [3.05, 3.63) is 47.1 Å². The molecule has 27 heavy (non-hydrogen) atoms. The van der Waals surface area contributed by atoms with Crippen LogP contribution in [0.25, 0.3) is 0 Å². The van der Waals surface area contributed by atoms with E-state index in [1.54, 1.807) is 23.0 Å². The molecule has 0 atom stereocenters. The number of halogens is 1. The van der Waals surface area contributed by atoms with Gasteiger partial charge in [0.05, 0.1) is 12.7 Å². The van der Waals surface area contributed by atoms with E-state index in [0.717, 1.165) is 24.8 Å². The van der Waals surface area contributed by atoms with E-state index in [2.05, 4.69) is 10.4 Å². The lowest BCUT2D eigenvalue weighted by atomic mass is 9.85. The number of nitrogens with one attached hydrogen (secondary N) is 1. The molecule has 7 nitrogen and oxygen atoms in total. The number of hydrogen-bond donors (Lipinski definition) is 2. The SMILES string of the molecule is O=C(COC(=O)C1(O)CCCCC1)Nc1ccnn1Cc1ccccc1Cl. The lowest BCUT2D eigenvalue weighted by molar-refractivity contribution is -0.170. The molecule has 1 saturated carbocycles. The van der Waals surface area contributed by atoms with Crippen molar-refractivity contribution in [2.45, 2.75) is 44.2 Å². The summed E-state index contributed by atoms with van der Waals surface area (Å²) in [6.07, 6.45) is 4.85. The minimum atomic E-state index is -1.47. The second-order valence-electron chi connectivity index (χ2n) is 6.68. The molecule has 0 aliphatic heterocycles. The molecule has 1 aliphatic rings. The number of esters is 1. The summed E-state index contributed by atoms with van der Waals surface area (Å²) in [4.78, 5) is 24.2. The van der Waals surface area contributed by atoms with Gasteiger partial charge in [0.25, 0.3) is 5.91 Å². The van der Waals surface area contributed by atoms with E-state index in [1.807, 2.05) is 18.2 Å². The molecular formula is C19H22ClN3O4. The van der Waals surface area contributed by atoms with Crippen LogP contribution < -0.4 is 5.32 Å². The fourth-order valence-corrected chi connectivity index (χ4v) is 3.33. The number of ether oxygens (including phenoxy) is 1. The van der Waals surface area contributed by atoms with Crippen molar-refractivity contribution in [3.8, 4) is 0 Å². The highest BCUT2D eigenvalue weighted by atomic mass is 35.5. The molecule has 0 saturated heterocycles. The number of aliphatic hydroxyl groups is 1. The molecule has 1 fully saturated rings. The van der Waals surface area contributed by atoms with Gasteiger partial charge in [-0.1, -0.05) is 36.2 Å². The number of nitrogens with zero attached hydrogens (tertiary/aromatic N) is 2. The first-order valence-corrected chi connectivity index (χ1v) is 9.30. The van der Waals surface area contributed by atoms with E-state index in [0.29, 0.717) is 30.2 Å². The maximum absolute atomic E-state index is 12.1. The minimum absolute atomic E-state index is 0.373. The monoisotopic (exact) mass is 391 g/mol. The van der Waals surface area contributed by atoms with E-state index < -0.39 is 24.1 Å². The van der Waals surface area contributed by atoms with Crippen LogP contribution in [-0.2, 0) is 20.9 Å². The van der Waals surface area contributed by atoms with Crippen LogP contribution in [-0.4, -0.2) is 39.0 Å². The summed E-state index contributed by atoms with van der Waals surface area (Å²) >= 11 is 6.16. The van der Waals surface area contributed by atoms with Gasteiger partial charge in [-0.3, -0.25) is 4.79 Å². The van der Waals surface area contributed by atoms with Gasteiger partial charge >= 0.3 is 5.97 Å². The Labute approximate surface area is 162 Å². The average molecular weight is 392 g/mol. The Bertz CT molecular complexity index is 815. The number of hydrogen-bond acceptors (Lipinski definition) is 5. The van der Waals surface area contributed by atoms with Gasteiger partial charge in [0.1, 0.15) is 5.82 Å². The lowest BCUT2D eigenvalue weighted by Crippen LogP contribution is -2.42. The van der Waals surface area contributed by atoms with Crippen molar-refractivity contribution in [2.24, 2.45) is 0 Å². The summed E-state index contributed by atoms with van der Waals surface area (Å²) in [6.45, 7) is -0.0692. The molecule has 2 N–H and O–H groups in total. The highest BCUT2D eigenvalue weighted by Gasteiger charge is 2.38. The molecule has 0 radical (unpaired) electrons. The first-order chi connectivity index (χ1) is 13.0. The zero-order valence-corrected chi connectivity index (χ0v) is 15.6. The van der Waals surface area contributed by atoms with Gasteiger partial charge in [-0.2, -0.15) is 5.10 Å². The van der Waals surface area contributed by atoms with E-state index in [1.165, 1.54) is 0 Å². The summed E-state index contributed by atoms with van der Waals surface area (Å²) in [5.41, 5.74) is -0.603. The zero-order chi connectivity index (χ0) is 19.3. The summed E-state index contributed by atoms with van der Waals surface area (Å²) < 4.78 is 6.61. The number of rotatable bonds is 6. The first-order valence-electron chi connectivity index (χ1n) is 8.93. The summed E-state index contributed by atoms with van der Waals surface area (Å²) in [6, 6.07) is 9.02. The molecule has 1 amide bonds. The fourth-order valence-electron chi connectivity index (χ4n) is 3.14. The Morgan fingerprint density at radius 3 is 2.70 bits per heavy atom. The van der Waals surface area contributed by atoms with Crippen molar-refractivity contribution >= 4 is 29.3 Å². The molecule has 0 bridgehead atoms. The van der Waals surface area contributed by atoms with Crippen LogP contribution in [0.3, 0.4) is 0 Å². The quantitative estimate of drug-likeness (QED) is 0.738. The Kier molecular flexibility index (Phi) is 6.13. The van der Waals surface area contributed by atoms with Crippen molar-refractivity contribution in [2.75, 3.05) is 11.9 Å². The van der Waals surface area contributed by atoms with E-state index in [-0.39, 0.29) is 0 Å². The largest absolute Gasteiger partial charge is 0.453 e. The van der Waals surface area contributed by atoms with Gasteiger partial charge < -0.3 is 15.2 Å². The van der Waals surface area contributed by atoms with E-state index in [4.69, 9.17) is 16.3 Å². The van der Waals surface area contributed by atoms with Crippen molar-refractivity contribution < 1.29 is 19.4 Å². The molecule has 1 aromatic carbocycles. The number of amides is 1. The second kappa shape index (κ2) is 8.54. The van der Waals surface area contributed by atoms with Gasteiger partial charge in [0.15, 0.2) is 12.2 Å². The average Bonchev–Trinajstić information content (AvgIpc) is 3.09. The number of carbonyl (C=O) groups is 2. The maximum atomic E-state index is 12.1. The van der Waals surface area contributed by atoms with E-state index in [9.17, 15) is 14.7 Å². The Morgan fingerprint density at radius 1 is 1.22 bits per heavy atom. The van der Waals surface area contributed by atoms with Gasteiger partial charge in [-0.25, -0.2) is 9.48 Å². The second-order valence-corrected chi connectivity index (χ2v) is 7.09. The Morgan fingerprint density at radius 2 is 1.96 bits per heavy atom. The third-order valence-corrected chi connectivity index (χ3v) is 5.03. The smallest absolute Gasteiger partial charge is 0.338 e. The van der Waals surface area contributed by atoms with Crippen molar-refractivity contribution in [1.29, 1.82) is 0 Å². The molecule has 1 aromatic heterocycles. The first kappa shape index (κ1) is 19.4. The molecule has 1 aliphatic carbocycles. The van der Waals surface area contributed by atoms with Gasteiger partial charge in [0.2, 0.25) is 0 Å². The highest BCUT2D eigenvalue weighted by Crippen LogP contribution is 2.29. The molecule has 1 heterocycles. The summed E-state index contributed by atoms with van der Waals surface area (Å²) in [7, 11) is 0. The van der Waals surface area contributed by atoms with Crippen LogP contribution in [0.15, 0.2) is 36.5 Å². The summed E-state index contributed by atoms with van der Waals surface area (Å²) in [5.74, 6) is -0.766. The standard InChI is InChI=1S/C19H22ClN3O4/c20-15-7-3-2-6-14(15)12-23-16(8-11-21-23)22-17(24)13-27-18(25)19(26)9-4-1-5-10-19/h2-3,6-8,11,26H,1,4-5,9-10,12-13H2,(H,22,24). The van der Waals surface area contributed by atoms with Crippen LogP contribution in [0.1, 0.15) is 37.7 Å². The molecule has 8 heteroatoms. The molecular weight excluding hydrogens is 370 g/mol. The van der Waals surface area contributed by atoms with Crippen LogP contribution in [0.5, 0.6) is 0 Å². The molecule has 0 spiro atoms. The van der Waals surface area contributed by atoms with Crippen molar-refractivity contribution in [3.63, 3.8) is 0 Å². The Balaban J connectivity index is 1.55. The van der Waals surface area contributed by atoms with E-state index >= 15 is 0 Å². The minimum Gasteiger partial charge on any atom is -0.453 e. The summed E-state index contributed by atoms with van der Waals surface area (Å²) in [5, 5.41) is 17.8. The highest BCUT2D eigenvalue weighted by molar-refractivity contribution is 6.31. The Hall–Kier alpha value is -2.38. The normalized spacial score (nSPS) is 15.9. The maximum Gasteiger partial charge on any atom is 0.338 e. The van der Waals surface area contributed by atoms with Gasteiger partial charge in [-0.05, 0) is 37.3 Å². The topological polar surface area (TPSA) is 93.5 Å². The third kappa shape index (κ3) is 4.87. The van der Waals surface area contributed by atoms with Crippen LogP contribution in [0.4, 0.5) is 5.82 Å². The number of aromatic nitrogens is 2. The molecule has 144 valence electrons. The van der Waals surface area contributed by atoms with Crippen LogP contribution >= 0.6 is 11.6 Å². The van der Waals surface area contributed by atoms with Gasteiger partial charge in [0, 0.05) is 11.1 Å². The zero-order valence-electron chi connectivity index (χ0n) is 14.9. The lowest BCUT2D eigenvalue weighted by Gasteiger charge is -2.29. The number of carbonyl (C=O) groups excluding carboxylic acids is 2. The molecule has 0 unspecified atom stereocenters. The predicted molar refractivity (Wildman–Crippen MR) is 100 cm³/mol. The third-order valence-electron chi connectivity index (χ3n) is 4.66. The number of benzene rings is 1. The number of anilines is 1. The van der Waals surface area contributed by atoms with Crippen molar-refractivity contribution in [1.82, 2.24) is 9.78 Å². The molecule has 2 aromatic rings. The molecule has 3 rings (SSSR count). The van der Waals surface area contributed by atoms with Crippen LogP contribution in [0, 0.1) is 0 Å². The fraction of sp³-hybridized carbons (Fsp3) is 0.421.